The van der Waals surface area contributed by atoms with Gasteiger partial charge in [0.2, 0.25) is 0 Å². The van der Waals surface area contributed by atoms with E-state index >= 15 is 0 Å². The van der Waals surface area contributed by atoms with Crippen LogP contribution in [0.4, 0.5) is 0 Å². The second kappa shape index (κ2) is 16.5. The van der Waals surface area contributed by atoms with Gasteiger partial charge in [0, 0.05) is 36.5 Å². The first kappa shape index (κ1) is 24.5. The second-order valence-corrected chi connectivity index (χ2v) is 17.6. The van der Waals surface area contributed by atoms with Gasteiger partial charge in [-0.05, 0) is 159 Å². The molecule has 0 amide bonds. The molecule has 1 N–H and O–H groups in total. The van der Waals surface area contributed by atoms with Crippen LogP contribution in [0.5, 0.6) is 5.75 Å². The van der Waals surface area contributed by atoms with Crippen LogP contribution in [0, 0.1) is 20.7 Å². The van der Waals surface area contributed by atoms with Gasteiger partial charge in [-0.15, -0.1) is 0 Å². The summed E-state index contributed by atoms with van der Waals surface area (Å²) in [4.78, 5) is 9.61. The maximum Gasteiger partial charge on any atom is 0.149 e. The average Bonchev–Trinajstić information content (AvgIpc) is 0.872. The summed E-state index contributed by atoms with van der Waals surface area (Å²) < 4.78 is 185. The van der Waals surface area contributed by atoms with E-state index in [-0.39, 0.29) is 39.6 Å². The molecule has 0 radical (unpaired) electrons. The van der Waals surface area contributed by atoms with E-state index in [9.17, 15) is 6.48 Å². The van der Waals surface area contributed by atoms with Crippen molar-refractivity contribution in [2.24, 2.45) is 0 Å². The molecule has 4 nitrogen and oxygen atoms in total. The van der Waals surface area contributed by atoms with Crippen molar-refractivity contribution in [3.05, 3.63) is 166 Å². The quantitative estimate of drug-likeness (QED) is 0.166. The number of aromatic hydroxyl groups is 1. The molecule has 0 aliphatic carbocycles. The van der Waals surface area contributed by atoms with E-state index in [4.69, 9.17) is 32.4 Å². The van der Waals surface area contributed by atoms with E-state index in [0.717, 1.165) is 5.56 Å². The lowest BCUT2D eigenvalue weighted by atomic mass is 9.83. The largest absolute Gasteiger partial charge is 0.507 e. The molecule has 0 atom stereocenters. The Labute approximate surface area is 405 Å². The summed E-state index contributed by atoms with van der Waals surface area (Å²) in [5.74, 6) is -2.27. The number of benzene rings is 6. The van der Waals surface area contributed by atoms with E-state index < -0.39 is 109 Å². The molecule has 0 spiro atoms. The van der Waals surface area contributed by atoms with E-state index in [1.165, 1.54) is 0 Å². The number of pyridine rings is 1. The molecule has 0 aliphatic rings. The zero-order chi connectivity index (χ0) is 63.1. The van der Waals surface area contributed by atoms with Crippen LogP contribution in [0.1, 0.15) is 149 Å². The number of hydrogen-bond donors (Lipinski definition) is 1. The summed E-state index contributed by atoms with van der Waals surface area (Å²) in [6, 6.07) is 17.8. The number of nitrogens with zero attached hydrogens (tertiary/aromatic N) is 3. The molecule has 320 valence electrons. The maximum atomic E-state index is 11.9. The predicted molar refractivity (Wildman–Crippen MR) is 267 cm³/mol. The number of rotatable bonds is 8. The van der Waals surface area contributed by atoms with Gasteiger partial charge in [-0.25, -0.2) is 4.98 Å². The summed E-state index contributed by atoms with van der Waals surface area (Å²) >= 11 is 0. The van der Waals surface area contributed by atoms with E-state index in [2.05, 4.69) is 4.98 Å². The number of para-hydroxylation sites is 1. The molecule has 2 aromatic heterocycles. The third-order valence-corrected chi connectivity index (χ3v) is 11.3. The first-order valence-electron chi connectivity index (χ1n) is 31.2. The number of imidazole rings is 1. The molecular weight excluding hydrogens is 767 g/mol. The summed E-state index contributed by atoms with van der Waals surface area (Å²) in [5.41, 5.74) is -1.56. The predicted octanol–water partition coefficient (Wildman–Crippen LogP) is 16.2. The Morgan fingerprint density at radius 2 is 1.37 bits per heavy atom. The van der Waals surface area contributed by atoms with E-state index in [1.54, 1.807) is 118 Å². The third-order valence-electron chi connectivity index (χ3n) is 11.3. The minimum Gasteiger partial charge on any atom is -0.507 e. The monoisotopic (exact) mass is 851 g/mol. The van der Waals surface area contributed by atoms with Gasteiger partial charge in [0.1, 0.15) is 11.6 Å². The van der Waals surface area contributed by atoms with Gasteiger partial charge in [0.25, 0.3) is 0 Å². The molecule has 0 aliphatic heterocycles. The van der Waals surface area contributed by atoms with Crippen LogP contribution < -0.4 is 0 Å². The van der Waals surface area contributed by atoms with Crippen LogP contribution in [-0.2, 0) is 10.8 Å². The summed E-state index contributed by atoms with van der Waals surface area (Å²) in [6.07, 6.45) is -0.789. The molecule has 63 heavy (non-hydrogen) atoms. The van der Waals surface area contributed by atoms with Gasteiger partial charge in [-0.1, -0.05) is 142 Å². The van der Waals surface area contributed by atoms with Crippen molar-refractivity contribution in [3.8, 4) is 67.5 Å². The fourth-order valence-electron chi connectivity index (χ4n) is 8.03. The SMILES string of the molecule is [2H]c1nc(-c2cc(-c3cccc4c3nc(-c3cc(C)cc(C)c3O)n4-c3ccc(-c4c(C([2H])(C)C)cccc4C([2H])(C)C)cc3C([2H])([2H])[2H])cc(C(C)(C)C)c2)c([2H])c(-c2c([2H])c([2H])c(C(C([2H])([2H])[2H])(C([2H])([2H])[2H])C([2H])([2H])[2H])c([2H])c2[2H])c1[2H]. The number of aryl methyl sites for hydroxylation is 3. The standard InChI is InChI=1S/C59H63N3O/c1-35(2)47-16-14-17-48(36(3)4)54(47)42-22-25-52(38(6)30-42)62-53-19-15-18-49(55(53)61-57(62)50-29-37(5)28-39(7)56(50)63)43-31-44(33-46(32-43)59(11,12)13)51-34-41(26-27-60-51)40-20-23-45(24-21-40)58(8,9)10/h14-36,63H,1-13H3/i6D3,8D3,9D3,10D3,20D,21D,23D,24D,26D,27D,34D,35D,36D. The Balaban J connectivity index is 1.44. The first-order valence-corrected chi connectivity index (χ1v) is 20.7. The lowest BCUT2D eigenvalue weighted by Crippen LogP contribution is -2.11. The third kappa shape index (κ3) is 8.36. The van der Waals surface area contributed by atoms with Gasteiger partial charge in [0.15, 0.2) is 0 Å². The first-order chi connectivity index (χ1) is 38.3. The van der Waals surface area contributed by atoms with Crippen molar-refractivity contribution >= 4 is 11.0 Å². The molecule has 4 heteroatoms. The van der Waals surface area contributed by atoms with Gasteiger partial charge < -0.3 is 5.11 Å². The van der Waals surface area contributed by atoms with Gasteiger partial charge in [-0.2, -0.15) is 0 Å². The van der Waals surface area contributed by atoms with Gasteiger partial charge >= 0.3 is 0 Å². The van der Waals surface area contributed by atoms with Gasteiger partial charge in [-0.3, -0.25) is 9.55 Å². The minimum absolute atomic E-state index is 0.102. The van der Waals surface area contributed by atoms with Crippen molar-refractivity contribution in [1.29, 1.82) is 0 Å². The lowest BCUT2D eigenvalue weighted by Gasteiger charge is -2.22. The summed E-state index contributed by atoms with van der Waals surface area (Å²) in [7, 11) is 0. The molecule has 0 unspecified atom stereocenters. The van der Waals surface area contributed by atoms with Crippen molar-refractivity contribution in [3.63, 3.8) is 0 Å². The van der Waals surface area contributed by atoms with Crippen LogP contribution in [0.2, 0.25) is 0 Å². The van der Waals surface area contributed by atoms with Crippen LogP contribution in [0.15, 0.2) is 127 Å². The molecule has 8 rings (SSSR count). The number of fused-ring (bicyclic) bond motifs is 1. The van der Waals surface area contributed by atoms with Crippen LogP contribution in [0.25, 0.3) is 72.7 Å². The molecule has 8 aromatic rings. The Hall–Kier alpha value is -6.26. The fraction of sp³-hybridized carbons (Fsp3) is 0.288. The number of hydrogen-bond acceptors (Lipinski definition) is 3. The number of aromatic nitrogens is 3. The summed E-state index contributed by atoms with van der Waals surface area (Å²) in [6.45, 7) is 1.56. The van der Waals surface area contributed by atoms with Crippen molar-refractivity contribution in [2.75, 3.05) is 0 Å². The highest BCUT2D eigenvalue weighted by Gasteiger charge is 2.25. The highest BCUT2D eigenvalue weighted by molar-refractivity contribution is 5.97. The van der Waals surface area contributed by atoms with E-state index in [1.807, 2.05) is 33.8 Å². The van der Waals surface area contributed by atoms with Crippen molar-refractivity contribution in [1.82, 2.24) is 14.5 Å². The number of phenolic OH excluding ortho intramolecular Hbond substituents is 1. The highest BCUT2D eigenvalue weighted by atomic mass is 16.3. The maximum absolute atomic E-state index is 11.9. The Morgan fingerprint density at radius 3 is 2.03 bits per heavy atom. The molecule has 0 saturated carbocycles. The normalized spacial score (nSPS) is 18.2. The Kier molecular flexibility index (Phi) is 6.41. The fourth-order valence-corrected chi connectivity index (χ4v) is 8.03. The average molecular weight is 851 g/mol. The topological polar surface area (TPSA) is 50.9 Å². The molecule has 0 saturated heterocycles. The Bertz CT molecular complexity index is 3880. The Morgan fingerprint density at radius 1 is 0.667 bits per heavy atom. The molecule has 6 aromatic carbocycles. The molecule has 0 bridgehead atoms. The van der Waals surface area contributed by atoms with Crippen molar-refractivity contribution < 1.29 is 33.9 Å². The van der Waals surface area contributed by atoms with E-state index in [0.29, 0.717) is 55.5 Å². The van der Waals surface area contributed by atoms with Crippen LogP contribution >= 0.6 is 0 Å². The second-order valence-electron chi connectivity index (χ2n) is 17.6. The summed E-state index contributed by atoms with van der Waals surface area (Å²) in [5, 5.41) is 11.9. The smallest absolute Gasteiger partial charge is 0.149 e. The van der Waals surface area contributed by atoms with Crippen LogP contribution in [-0.4, -0.2) is 19.6 Å². The van der Waals surface area contributed by atoms with Crippen molar-refractivity contribution in [2.45, 2.75) is 112 Å². The minimum atomic E-state index is -3.96. The molecule has 2 heterocycles. The van der Waals surface area contributed by atoms with Gasteiger partial charge in [0.05, 0.1) is 37.6 Å². The highest BCUT2D eigenvalue weighted by Crippen LogP contribution is 2.43. The molecule has 0 fully saturated rings. The van der Waals surface area contributed by atoms with Crippen LogP contribution in [0.3, 0.4) is 0 Å². The molecular formula is C59H63N3O. The lowest BCUT2D eigenvalue weighted by molar-refractivity contribution is 0.472. The zero-order valence-corrected chi connectivity index (χ0v) is 36.9. The zero-order valence-electron chi connectivity index (χ0n) is 57.9. The number of phenols is 1.